The zero-order chi connectivity index (χ0) is 27.8. The monoisotopic (exact) mass is 555 g/mol. The van der Waals surface area contributed by atoms with Crippen molar-refractivity contribution in [1.29, 1.82) is 0 Å². The van der Waals surface area contributed by atoms with E-state index in [4.69, 9.17) is 8.92 Å². The van der Waals surface area contributed by atoms with E-state index >= 15 is 0 Å². The van der Waals surface area contributed by atoms with Crippen LogP contribution in [0.2, 0.25) is 0 Å². The first-order valence-electron chi connectivity index (χ1n) is 11.8. The van der Waals surface area contributed by atoms with Gasteiger partial charge in [-0.25, -0.2) is 15.0 Å². The molecule has 204 valence electrons. The maximum atomic E-state index is 12.7. The number of aromatic nitrogens is 4. The minimum atomic E-state index is -4.26. The number of hydrogen-bond acceptors (Lipinski definition) is 11. The molecule has 3 heterocycles. The summed E-state index contributed by atoms with van der Waals surface area (Å²) >= 11 is 0. The average molecular weight is 556 g/mol. The molecule has 1 amide bonds. The second-order valence-electron chi connectivity index (χ2n) is 9.06. The van der Waals surface area contributed by atoms with Crippen LogP contribution in [0.5, 0.6) is 0 Å². The average Bonchev–Trinajstić information content (AvgIpc) is 3.48. The van der Waals surface area contributed by atoms with E-state index in [1.807, 2.05) is 0 Å². The van der Waals surface area contributed by atoms with E-state index in [2.05, 4.69) is 20.3 Å². The van der Waals surface area contributed by atoms with Gasteiger partial charge < -0.3 is 25.4 Å². The van der Waals surface area contributed by atoms with E-state index in [0.717, 1.165) is 5.56 Å². The normalized spacial score (nSPS) is 23.2. The standard InChI is InChI=1S/C25H25N5O8S/c1-15-7-9-17(10-8-15)39(35,36)37-12-25(11-31)20(33)19(32)24(38-25)30-14-28-18-21(26-13-27-22(18)30)29-23(34)16-5-3-2-4-6-16/h2-10,13-14,19-20,24,31-33H,11-12H2,1H3,(H,26,27,29,34)/t19-,20+,24-,25+/m1/s1. The molecule has 1 fully saturated rings. The highest BCUT2D eigenvalue weighted by molar-refractivity contribution is 7.86. The third-order valence-corrected chi connectivity index (χ3v) is 7.72. The summed E-state index contributed by atoms with van der Waals surface area (Å²) < 4.78 is 37.6. The Hall–Kier alpha value is -3.79. The first-order chi connectivity index (χ1) is 18.6. The lowest BCUT2D eigenvalue weighted by atomic mass is 9.97. The summed E-state index contributed by atoms with van der Waals surface area (Å²) in [5, 5.41) is 34.4. The molecule has 5 rings (SSSR count). The molecule has 4 atom stereocenters. The van der Waals surface area contributed by atoms with Gasteiger partial charge in [-0.05, 0) is 31.2 Å². The molecule has 0 unspecified atom stereocenters. The lowest BCUT2D eigenvalue weighted by Crippen LogP contribution is -2.50. The molecule has 1 aliphatic heterocycles. The largest absolute Gasteiger partial charge is 0.393 e. The van der Waals surface area contributed by atoms with Gasteiger partial charge in [0.15, 0.2) is 23.2 Å². The molecular formula is C25H25N5O8S. The number of imidazole rings is 1. The first kappa shape index (κ1) is 26.8. The number of aryl methyl sites for hydroxylation is 1. The van der Waals surface area contributed by atoms with Gasteiger partial charge in [0, 0.05) is 5.56 Å². The highest BCUT2D eigenvalue weighted by Gasteiger charge is 2.56. The zero-order valence-corrected chi connectivity index (χ0v) is 21.4. The summed E-state index contributed by atoms with van der Waals surface area (Å²) in [5.74, 6) is -0.328. The van der Waals surface area contributed by atoms with Gasteiger partial charge in [0.2, 0.25) is 0 Å². The van der Waals surface area contributed by atoms with Crippen LogP contribution < -0.4 is 5.32 Å². The smallest absolute Gasteiger partial charge is 0.297 e. The topological polar surface area (TPSA) is 186 Å². The van der Waals surface area contributed by atoms with Gasteiger partial charge in [0.05, 0.1) is 17.8 Å². The maximum absolute atomic E-state index is 12.7. The van der Waals surface area contributed by atoms with Crippen LogP contribution in [0.15, 0.2) is 72.1 Å². The van der Waals surface area contributed by atoms with Crippen LogP contribution in [0, 0.1) is 6.92 Å². The van der Waals surface area contributed by atoms with Crippen molar-refractivity contribution in [3.63, 3.8) is 0 Å². The van der Waals surface area contributed by atoms with Gasteiger partial charge in [0.25, 0.3) is 16.0 Å². The van der Waals surface area contributed by atoms with Crippen LogP contribution in [0.3, 0.4) is 0 Å². The number of fused-ring (bicyclic) bond motifs is 1. The minimum Gasteiger partial charge on any atom is -0.393 e. The Bertz CT molecular complexity index is 1600. The predicted octanol–water partition coefficient (Wildman–Crippen LogP) is 0.774. The fourth-order valence-electron chi connectivity index (χ4n) is 4.21. The van der Waals surface area contributed by atoms with Gasteiger partial charge in [-0.15, -0.1) is 0 Å². The SMILES string of the molecule is Cc1ccc(S(=O)(=O)OC[C@]2(CO)O[C@@H](n3cnc4c(NC(=O)c5ccccc5)ncnc43)[C@H](O)[C@@H]2O)cc1. The summed E-state index contributed by atoms with van der Waals surface area (Å²) in [6.45, 7) is 0.146. The van der Waals surface area contributed by atoms with Crippen LogP contribution >= 0.6 is 0 Å². The van der Waals surface area contributed by atoms with Crippen LogP contribution in [-0.2, 0) is 19.0 Å². The highest BCUT2D eigenvalue weighted by atomic mass is 32.2. The first-order valence-corrected chi connectivity index (χ1v) is 13.2. The van der Waals surface area contributed by atoms with Crippen LogP contribution in [0.25, 0.3) is 11.2 Å². The van der Waals surface area contributed by atoms with E-state index in [0.29, 0.717) is 5.56 Å². The van der Waals surface area contributed by atoms with Gasteiger partial charge >= 0.3 is 0 Å². The number of amides is 1. The van der Waals surface area contributed by atoms with Crippen LogP contribution in [0.1, 0.15) is 22.1 Å². The van der Waals surface area contributed by atoms with E-state index in [9.17, 15) is 28.5 Å². The zero-order valence-electron chi connectivity index (χ0n) is 20.6. The predicted molar refractivity (Wildman–Crippen MR) is 136 cm³/mol. The lowest BCUT2D eigenvalue weighted by Gasteiger charge is -2.29. The van der Waals surface area contributed by atoms with Gasteiger partial charge in [-0.3, -0.25) is 13.5 Å². The summed E-state index contributed by atoms with van der Waals surface area (Å²) in [5.41, 5.74) is -0.427. The van der Waals surface area contributed by atoms with Crippen molar-refractivity contribution in [3.8, 4) is 0 Å². The van der Waals surface area contributed by atoms with E-state index in [-0.39, 0.29) is 21.9 Å². The molecule has 13 nitrogen and oxygen atoms in total. The van der Waals surface area contributed by atoms with Gasteiger partial charge in [-0.2, -0.15) is 8.42 Å². The molecule has 4 aromatic rings. The Balaban J connectivity index is 1.39. The molecule has 0 radical (unpaired) electrons. The van der Waals surface area contributed by atoms with Crippen molar-refractivity contribution in [2.24, 2.45) is 0 Å². The number of anilines is 1. The number of benzene rings is 2. The van der Waals surface area contributed by atoms with Gasteiger partial charge in [-0.1, -0.05) is 35.9 Å². The molecular weight excluding hydrogens is 530 g/mol. The Morgan fingerprint density at radius 3 is 2.51 bits per heavy atom. The number of nitrogens with one attached hydrogen (secondary N) is 1. The highest BCUT2D eigenvalue weighted by Crippen LogP contribution is 2.39. The number of aliphatic hydroxyl groups excluding tert-OH is 3. The maximum Gasteiger partial charge on any atom is 0.297 e. The fraction of sp³-hybridized carbons (Fsp3) is 0.280. The van der Waals surface area contributed by atoms with Crippen molar-refractivity contribution >= 4 is 33.0 Å². The third kappa shape index (κ3) is 5.01. The number of carbonyl (C=O) groups excluding carboxylic acids is 1. The van der Waals surface area contributed by atoms with E-state index < -0.39 is 53.3 Å². The van der Waals surface area contributed by atoms with E-state index in [1.54, 1.807) is 49.4 Å². The Morgan fingerprint density at radius 2 is 1.82 bits per heavy atom. The summed E-state index contributed by atoms with van der Waals surface area (Å²) in [6, 6.07) is 14.4. The number of ether oxygens (including phenoxy) is 1. The van der Waals surface area contributed by atoms with Crippen molar-refractivity contribution in [2.75, 3.05) is 18.5 Å². The summed E-state index contributed by atoms with van der Waals surface area (Å²) in [6.07, 6.45) is -2.27. The van der Waals surface area contributed by atoms with Crippen molar-refractivity contribution in [2.45, 2.75) is 35.9 Å². The number of hydrogen-bond donors (Lipinski definition) is 4. The number of carbonyl (C=O) groups is 1. The Labute approximate surface area is 222 Å². The fourth-order valence-corrected chi connectivity index (χ4v) is 5.17. The lowest BCUT2D eigenvalue weighted by molar-refractivity contribution is -0.144. The molecule has 4 N–H and O–H groups in total. The molecule has 0 saturated carbocycles. The molecule has 0 aliphatic carbocycles. The third-order valence-electron chi connectivity index (χ3n) is 6.45. The molecule has 0 spiro atoms. The molecule has 39 heavy (non-hydrogen) atoms. The second kappa shape index (κ2) is 10.4. The second-order valence-corrected chi connectivity index (χ2v) is 10.7. The van der Waals surface area contributed by atoms with Crippen molar-refractivity contribution in [3.05, 3.63) is 78.4 Å². The summed E-state index contributed by atoms with van der Waals surface area (Å²) in [4.78, 5) is 25.0. The molecule has 0 bridgehead atoms. The van der Waals surface area contributed by atoms with Crippen LogP contribution in [-0.4, -0.2) is 80.2 Å². The summed E-state index contributed by atoms with van der Waals surface area (Å²) in [7, 11) is -4.26. The minimum absolute atomic E-state index is 0.0987. The van der Waals surface area contributed by atoms with Crippen LogP contribution in [0.4, 0.5) is 5.82 Å². The molecule has 2 aromatic heterocycles. The Morgan fingerprint density at radius 1 is 1.10 bits per heavy atom. The molecule has 14 heteroatoms. The van der Waals surface area contributed by atoms with Crippen molar-refractivity contribution in [1.82, 2.24) is 19.5 Å². The molecule has 1 aliphatic rings. The number of rotatable bonds is 8. The quantitative estimate of drug-likeness (QED) is 0.225. The molecule has 1 saturated heterocycles. The van der Waals surface area contributed by atoms with Crippen molar-refractivity contribution < 1.29 is 37.5 Å². The van der Waals surface area contributed by atoms with Gasteiger partial charge in [0.1, 0.15) is 30.7 Å². The molecule has 2 aromatic carbocycles. The number of nitrogens with zero attached hydrogens (tertiary/aromatic N) is 4. The number of aliphatic hydroxyl groups is 3. The Kier molecular flexibility index (Phi) is 7.15. The van der Waals surface area contributed by atoms with E-state index in [1.165, 1.54) is 29.4 Å².